The molecule has 3 fully saturated rings. The smallest absolute Gasteiger partial charge is 0.240 e. The van der Waals surface area contributed by atoms with Crippen LogP contribution in [0.2, 0.25) is 10.0 Å². The van der Waals surface area contributed by atoms with Gasteiger partial charge in [0.2, 0.25) is 5.91 Å². The van der Waals surface area contributed by atoms with Crippen LogP contribution in [0.25, 0.3) is 22.0 Å². The predicted molar refractivity (Wildman–Crippen MR) is 190 cm³/mol. The van der Waals surface area contributed by atoms with Crippen molar-refractivity contribution in [1.82, 2.24) is 25.0 Å². The molecule has 3 aromatic carbocycles. The Morgan fingerprint density at radius 1 is 1.00 bits per heavy atom. The van der Waals surface area contributed by atoms with Crippen molar-refractivity contribution in [3.05, 3.63) is 88.0 Å². The summed E-state index contributed by atoms with van der Waals surface area (Å²) in [7, 11) is 1.69. The molecule has 7 rings (SSSR count). The summed E-state index contributed by atoms with van der Waals surface area (Å²) < 4.78 is 7.75. The highest BCUT2D eigenvalue weighted by atomic mass is 35.5. The first kappa shape index (κ1) is 32.4. The maximum atomic E-state index is 12.8. The molecule has 3 saturated heterocycles. The topological polar surface area (TPSA) is 87.8 Å². The summed E-state index contributed by atoms with van der Waals surface area (Å²) in [5, 5.41) is 9.12. The Labute approximate surface area is 287 Å². The lowest BCUT2D eigenvalue weighted by molar-refractivity contribution is -0.127. The first-order chi connectivity index (χ1) is 22.8. The van der Waals surface area contributed by atoms with Crippen molar-refractivity contribution >= 4 is 40.0 Å². The molecule has 2 bridgehead atoms. The molecule has 3 aliphatic heterocycles. The number of nitrogens with two attached hydrogens (primary N) is 1. The summed E-state index contributed by atoms with van der Waals surface area (Å²) in [5.41, 5.74) is 11.6. The first-order valence-electron chi connectivity index (χ1n) is 16.8. The molecule has 2 atom stereocenters. The number of rotatable bonds is 11. The maximum Gasteiger partial charge on any atom is 0.240 e. The van der Waals surface area contributed by atoms with E-state index in [1.807, 2.05) is 30.3 Å². The van der Waals surface area contributed by atoms with Gasteiger partial charge in [0.1, 0.15) is 5.75 Å². The van der Waals surface area contributed by atoms with Gasteiger partial charge in [-0.3, -0.25) is 14.6 Å². The van der Waals surface area contributed by atoms with Gasteiger partial charge in [0, 0.05) is 89.6 Å². The van der Waals surface area contributed by atoms with Gasteiger partial charge in [-0.2, -0.15) is 0 Å². The fourth-order valence-electron chi connectivity index (χ4n) is 7.70. The Morgan fingerprint density at radius 3 is 2.38 bits per heavy atom. The van der Waals surface area contributed by atoms with E-state index in [1.54, 1.807) is 7.11 Å². The Hall–Kier alpha value is -3.11. The lowest BCUT2D eigenvalue weighted by Crippen LogP contribution is -2.59. The number of piperidine rings is 1. The van der Waals surface area contributed by atoms with Gasteiger partial charge >= 0.3 is 0 Å². The molecule has 8 nitrogen and oxygen atoms in total. The molecule has 248 valence electrons. The minimum Gasteiger partial charge on any atom is -0.497 e. The number of amides is 1. The lowest BCUT2D eigenvalue weighted by Gasteiger charge is -2.34. The fraction of sp³-hybridized carbons (Fsp3) is 0.432. The van der Waals surface area contributed by atoms with Crippen LogP contribution in [-0.4, -0.2) is 77.7 Å². The Balaban J connectivity index is 1.05. The largest absolute Gasteiger partial charge is 0.497 e. The van der Waals surface area contributed by atoms with Gasteiger partial charge < -0.3 is 25.7 Å². The number of hydrogen-bond acceptors (Lipinski definition) is 6. The highest BCUT2D eigenvalue weighted by Crippen LogP contribution is 2.37. The molecule has 0 aliphatic carbocycles. The summed E-state index contributed by atoms with van der Waals surface area (Å²) in [5.74, 6) is 0.807. The second-order valence-corrected chi connectivity index (χ2v) is 14.2. The summed E-state index contributed by atoms with van der Waals surface area (Å²) >= 11 is 13.0. The number of carbonyl (C=O) groups is 1. The van der Waals surface area contributed by atoms with Crippen molar-refractivity contribution in [3.8, 4) is 16.9 Å². The molecule has 0 spiro atoms. The molecule has 10 heteroatoms. The molecule has 2 unspecified atom stereocenters. The normalized spacial score (nSPS) is 21.0. The van der Waals surface area contributed by atoms with Gasteiger partial charge in [-0.15, -0.1) is 0 Å². The summed E-state index contributed by atoms with van der Waals surface area (Å²) in [6, 6.07) is 22.0. The number of likely N-dealkylation sites (tertiary alicyclic amines) is 2. The lowest BCUT2D eigenvalue weighted by atomic mass is 9.88. The number of halogens is 2. The number of benzene rings is 3. The van der Waals surface area contributed by atoms with E-state index >= 15 is 0 Å². The number of ether oxygens (including phenoxy) is 1. The predicted octanol–water partition coefficient (Wildman–Crippen LogP) is 5.67. The second kappa shape index (κ2) is 13.8. The van der Waals surface area contributed by atoms with Crippen LogP contribution in [0, 0.1) is 0 Å². The molecular weight excluding hydrogens is 631 g/mol. The number of methoxy groups -OCH3 is 1. The van der Waals surface area contributed by atoms with Crippen LogP contribution in [0.1, 0.15) is 36.8 Å². The monoisotopic (exact) mass is 674 g/mol. The summed E-state index contributed by atoms with van der Waals surface area (Å²) in [6.45, 7) is 6.76. The van der Waals surface area contributed by atoms with Crippen LogP contribution in [0.15, 0.2) is 66.9 Å². The Morgan fingerprint density at radius 2 is 1.70 bits per heavy atom. The highest BCUT2D eigenvalue weighted by Gasteiger charge is 2.43. The standard InChI is InChI=1S/C37H44Cl2N6O2/c1-47-29-9-7-26(8-10-29)31-23-43(17-3-14-42-36(46)37(40)12-15-41-16-13-37)35-11-6-25(18-30(31)35)20-44-21-28-19-27(44)22-45(28)24-32-33(38)4-2-5-34(32)39/h2,4-11,18,23,27-28,41H,3,12-17,19-22,24,40H2,1H3,(H,42,46). The zero-order valence-electron chi connectivity index (χ0n) is 27.0. The van der Waals surface area contributed by atoms with E-state index in [-0.39, 0.29) is 5.91 Å². The fourth-order valence-corrected chi connectivity index (χ4v) is 8.21. The number of nitrogens with zero attached hydrogens (tertiary/aromatic N) is 3. The van der Waals surface area contributed by atoms with Crippen LogP contribution in [-0.2, 0) is 24.4 Å². The molecular formula is C37H44Cl2N6O2. The number of piperazine rings is 1. The average molecular weight is 676 g/mol. The van der Waals surface area contributed by atoms with Crippen LogP contribution in [0.4, 0.5) is 0 Å². The molecule has 0 radical (unpaired) electrons. The van der Waals surface area contributed by atoms with Crippen molar-refractivity contribution in [3.63, 3.8) is 0 Å². The Kier molecular flexibility index (Phi) is 9.51. The zero-order valence-corrected chi connectivity index (χ0v) is 28.5. The minimum atomic E-state index is -0.764. The van der Waals surface area contributed by atoms with E-state index < -0.39 is 5.54 Å². The average Bonchev–Trinajstić information content (AvgIpc) is 3.78. The van der Waals surface area contributed by atoms with E-state index in [0.29, 0.717) is 31.5 Å². The molecule has 4 N–H and O–H groups in total. The van der Waals surface area contributed by atoms with Crippen molar-refractivity contribution < 1.29 is 9.53 Å². The molecule has 3 aliphatic rings. The van der Waals surface area contributed by atoms with Gasteiger partial charge in [-0.25, -0.2) is 0 Å². The van der Waals surface area contributed by atoms with Crippen molar-refractivity contribution in [2.75, 3.05) is 39.8 Å². The highest BCUT2D eigenvalue weighted by molar-refractivity contribution is 6.36. The molecule has 4 heterocycles. The first-order valence-corrected chi connectivity index (χ1v) is 17.5. The molecule has 4 aromatic rings. The number of fused-ring (bicyclic) bond motifs is 3. The number of carbonyl (C=O) groups excluding carboxylic acids is 1. The number of hydrogen-bond donors (Lipinski definition) is 3. The van der Waals surface area contributed by atoms with Crippen LogP contribution in [0.3, 0.4) is 0 Å². The van der Waals surface area contributed by atoms with E-state index in [4.69, 9.17) is 33.7 Å². The summed E-state index contributed by atoms with van der Waals surface area (Å²) in [4.78, 5) is 18.0. The second-order valence-electron chi connectivity index (χ2n) is 13.4. The van der Waals surface area contributed by atoms with E-state index in [1.165, 1.54) is 28.5 Å². The molecule has 47 heavy (non-hydrogen) atoms. The third kappa shape index (κ3) is 6.77. The molecule has 1 amide bonds. The molecule has 0 saturated carbocycles. The van der Waals surface area contributed by atoms with Crippen LogP contribution >= 0.6 is 23.2 Å². The number of aromatic nitrogens is 1. The maximum absolute atomic E-state index is 12.8. The van der Waals surface area contributed by atoms with Crippen molar-refractivity contribution in [2.45, 2.75) is 62.9 Å². The third-order valence-corrected chi connectivity index (χ3v) is 11.1. The van der Waals surface area contributed by atoms with Gasteiger partial charge in [0.25, 0.3) is 0 Å². The van der Waals surface area contributed by atoms with Gasteiger partial charge in [0.15, 0.2) is 0 Å². The zero-order chi connectivity index (χ0) is 32.5. The van der Waals surface area contributed by atoms with Gasteiger partial charge in [-0.1, -0.05) is 47.5 Å². The minimum absolute atomic E-state index is 0.0358. The van der Waals surface area contributed by atoms with Crippen molar-refractivity contribution in [2.24, 2.45) is 5.73 Å². The van der Waals surface area contributed by atoms with Crippen molar-refractivity contribution in [1.29, 1.82) is 0 Å². The Bertz CT molecular complexity index is 1710. The quantitative estimate of drug-likeness (QED) is 0.178. The SMILES string of the molecule is COc1ccc(-c2cn(CCCNC(=O)C3(N)CCNCC3)c3ccc(CN4CC5CC4CN5Cc4c(Cl)cccc4Cl)cc23)cc1. The van der Waals surface area contributed by atoms with Crippen LogP contribution in [0.5, 0.6) is 5.75 Å². The van der Waals surface area contributed by atoms with E-state index in [2.05, 4.69) is 61.5 Å². The third-order valence-electron chi connectivity index (χ3n) is 10.4. The number of aryl methyl sites for hydroxylation is 1. The summed E-state index contributed by atoms with van der Waals surface area (Å²) in [6.07, 6.45) is 5.59. The van der Waals surface area contributed by atoms with Crippen LogP contribution < -0.4 is 21.1 Å². The van der Waals surface area contributed by atoms with Gasteiger partial charge in [-0.05, 0) is 86.3 Å². The van der Waals surface area contributed by atoms with Gasteiger partial charge in [0.05, 0.1) is 12.6 Å². The van der Waals surface area contributed by atoms with E-state index in [9.17, 15) is 4.79 Å². The number of nitrogens with one attached hydrogen (secondary N) is 2. The van der Waals surface area contributed by atoms with E-state index in [0.717, 1.165) is 79.2 Å². The molecule has 1 aromatic heterocycles.